The molecule has 0 bridgehead atoms. The zero-order valence-corrected chi connectivity index (χ0v) is 38.0. The van der Waals surface area contributed by atoms with Crippen LogP contribution in [-0.4, -0.2) is 18.3 Å². The maximum Gasteiger partial charge on any atom is 0.0562 e. The Morgan fingerprint density at radius 3 is 0.657 bits per heavy atom. The van der Waals surface area contributed by atoms with Gasteiger partial charge in [0.25, 0.3) is 0 Å². The van der Waals surface area contributed by atoms with Crippen molar-refractivity contribution < 1.29 is 0 Å². The molecule has 0 spiro atoms. The molecule has 4 heteroatoms. The standard InChI is InChI=1S/C66H42N4/c1-7-31-59-51(25-1)52-26-2-8-32-60(52)67(59)47-21-13-17-43(37-47)45-19-15-23-49(39-45)69-63-35-11-5-29-55(63)57-41-58-56-30-6-12-36-64(56)70(66(58)42-65(57)69)50-24-16-20-46(40-50)44-18-14-22-48(38-44)68-61-33-9-3-27-53(61)54-28-4-10-34-62(54)68/h1-42H. The second-order valence-corrected chi connectivity index (χ2v) is 18.5. The van der Waals surface area contributed by atoms with E-state index in [1.165, 1.54) is 109 Å². The lowest BCUT2D eigenvalue weighted by molar-refractivity contribution is 1.16. The first-order valence-corrected chi connectivity index (χ1v) is 24.1. The summed E-state index contributed by atoms with van der Waals surface area (Å²) in [7, 11) is 0. The number of aromatic nitrogens is 4. The van der Waals surface area contributed by atoms with Crippen LogP contribution in [-0.2, 0) is 0 Å². The smallest absolute Gasteiger partial charge is 0.0562 e. The normalized spacial score (nSPS) is 12.0. The van der Waals surface area contributed by atoms with Crippen molar-refractivity contribution in [1.29, 1.82) is 0 Å². The van der Waals surface area contributed by atoms with E-state index in [0.717, 1.165) is 22.7 Å². The first-order chi connectivity index (χ1) is 34.7. The van der Waals surface area contributed by atoms with Gasteiger partial charge < -0.3 is 18.3 Å². The van der Waals surface area contributed by atoms with Gasteiger partial charge in [-0.1, -0.05) is 158 Å². The number of para-hydroxylation sites is 6. The summed E-state index contributed by atoms with van der Waals surface area (Å²) >= 11 is 0. The first kappa shape index (κ1) is 38.7. The van der Waals surface area contributed by atoms with Crippen molar-refractivity contribution in [3.63, 3.8) is 0 Å². The minimum atomic E-state index is 1.12. The fourth-order valence-corrected chi connectivity index (χ4v) is 11.7. The topological polar surface area (TPSA) is 19.7 Å². The Hall–Kier alpha value is -9.38. The Bertz CT molecular complexity index is 4210. The molecular weight excluding hydrogens is 849 g/mol. The van der Waals surface area contributed by atoms with Crippen LogP contribution >= 0.6 is 0 Å². The van der Waals surface area contributed by atoms with Gasteiger partial charge in [0.2, 0.25) is 0 Å². The third kappa shape index (κ3) is 5.71. The summed E-state index contributed by atoms with van der Waals surface area (Å²) in [5.41, 5.74) is 18.8. The van der Waals surface area contributed by atoms with Gasteiger partial charge in [-0.25, -0.2) is 0 Å². The van der Waals surface area contributed by atoms with Crippen LogP contribution in [0.2, 0.25) is 0 Å². The van der Waals surface area contributed by atoms with E-state index in [4.69, 9.17) is 0 Å². The average molecular weight is 891 g/mol. The lowest BCUT2D eigenvalue weighted by atomic mass is 10.0. The number of fused-ring (bicyclic) bond motifs is 12. The van der Waals surface area contributed by atoms with Gasteiger partial charge in [-0.3, -0.25) is 0 Å². The third-order valence-corrected chi connectivity index (χ3v) is 14.7. The van der Waals surface area contributed by atoms with Gasteiger partial charge in [-0.05, 0) is 119 Å². The molecule has 0 radical (unpaired) electrons. The zero-order chi connectivity index (χ0) is 45.9. The lowest BCUT2D eigenvalue weighted by Crippen LogP contribution is -1.97. The number of hydrogen-bond acceptors (Lipinski definition) is 0. The summed E-state index contributed by atoms with van der Waals surface area (Å²) in [4.78, 5) is 0. The molecule has 4 aromatic heterocycles. The number of benzene rings is 11. The highest BCUT2D eigenvalue weighted by Gasteiger charge is 2.20. The molecule has 15 aromatic rings. The summed E-state index contributed by atoms with van der Waals surface area (Å²) in [5, 5.41) is 10.00. The number of nitrogens with zero attached hydrogens (tertiary/aromatic N) is 4. The Morgan fingerprint density at radius 1 is 0.157 bits per heavy atom. The Labute approximate surface area is 403 Å². The molecule has 0 atom stereocenters. The molecule has 0 saturated carbocycles. The summed E-state index contributed by atoms with van der Waals surface area (Å²) in [6.45, 7) is 0. The van der Waals surface area contributed by atoms with E-state index in [2.05, 4.69) is 273 Å². The van der Waals surface area contributed by atoms with Crippen LogP contribution in [0.3, 0.4) is 0 Å². The quantitative estimate of drug-likeness (QED) is 0.158. The lowest BCUT2D eigenvalue weighted by Gasteiger charge is -2.14. The van der Waals surface area contributed by atoms with Crippen molar-refractivity contribution in [1.82, 2.24) is 18.3 Å². The molecular formula is C66H42N4. The molecule has 0 saturated heterocycles. The van der Waals surface area contributed by atoms with Gasteiger partial charge in [0.1, 0.15) is 0 Å². The summed E-state index contributed by atoms with van der Waals surface area (Å²) < 4.78 is 9.72. The van der Waals surface area contributed by atoms with E-state index >= 15 is 0 Å². The van der Waals surface area contributed by atoms with Crippen LogP contribution in [0.5, 0.6) is 0 Å². The Morgan fingerprint density at radius 2 is 0.386 bits per heavy atom. The highest BCUT2D eigenvalue weighted by molar-refractivity contribution is 6.19. The van der Waals surface area contributed by atoms with Crippen LogP contribution in [0.25, 0.3) is 132 Å². The second-order valence-electron chi connectivity index (χ2n) is 18.5. The second kappa shape index (κ2) is 15.1. The van der Waals surface area contributed by atoms with Crippen molar-refractivity contribution >= 4 is 87.2 Å². The molecule has 0 aliphatic carbocycles. The monoisotopic (exact) mass is 890 g/mol. The van der Waals surface area contributed by atoms with Gasteiger partial charge in [-0.15, -0.1) is 0 Å². The fraction of sp³-hybridized carbons (Fsp3) is 0. The van der Waals surface area contributed by atoms with Gasteiger partial charge in [0, 0.05) is 65.8 Å². The van der Waals surface area contributed by atoms with Gasteiger partial charge in [-0.2, -0.15) is 0 Å². The van der Waals surface area contributed by atoms with Crippen molar-refractivity contribution in [3.8, 4) is 45.0 Å². The van der Waals surface area contributed by atoms with Crippen LogP contribution in [0.1, 0.15) is 0 Å². The van der Waals surface area contributed by atoms with Gasteiger partial charge in [0.15, 0.2) is 0 Å². The summed E-state index contributed by atoms with van der Waals surface area (Å²) in [5.74, 6) is 0. The van der Waals surface area contributed by atoms with E-state index in [1.807, 2.05) is 0 Å². The third-order valence-electron chi connectivity index (χ3n) is 14.7. The van der Waals surface area contributed by atoms with Crippen molar-refractivity contribution in [2.24, 2.45) is 0 Å². The van der Waals surface area contributed by atoms with Crippen molar-refractivity contribution in [2.75, 3.05) is 0 Å². The molecule has 0 amide bonds. The van der Waals surface area contributed by atoms with E-state index in [-0.39, 0.29) is 0 Å². The van der Waals surface area contributed by atoms with Crippen LogP contribution < -0.4 is 0 Å². The molecule has 0 unspecified atom stereocenters. The molecule has 0 N–H and O–H groups in total. The summed E-state index contributed by atoms with van der Waals surface area (Å²) in [6, 6.07) is 93.5. The summed E-state index contributed by atoms with van der Waals surface area (Å²) in [6.07, 6.45) is 0. The van der Waals surface area contributed by atoms with Crippen LogP contribution in [0, 0.1) is 0 Å². The van der Waals surface area contributed by atoms with Crippen molar-refractivity contribution in [3.05, 3.63) is 255 Å². The van der Waals surface area contributed by atoms with Gasteiger partial charge >= 0.3 is 0 Å². The average Bonchev–Trinajstić information content (AvgIpc) is 4.15. The van der Waals surface area contributed by atoms with Crippen LogP contribution in [0.4, 0.5) is 0 Å². The van der Waals surface area contributed by atoms with Gasteiger partial charge in [0.05, 0.1) is 44.1 Å². The zero-order valence-electron chi connectivity index (χ0n) is 38.0. The maximum absolute atomic E-state index is 2.46. The Balaban J connectivity index is 0.885. The molecule has 15 rings (SSSR count). The predicted octanol–water partition coefficient (Wildman–Crippen LogP) is 17.4. The minimum Gasteiger partial charge on any atom is -0.309 e. The van der Waals surface area contributed by atoms with E-state index in [1.54, 1.807) is 0 Å². The molecule has 11 aromatic carbocycles. The molecule has 4 nitrogen and oxygen atoms in total. The number of hydrogen-bond donors (Lipinski definition) is 0. The number of rotatable bonds is 6. The minimum absolute atomic E-state index is 1.12. The highest BCUT2D eigenvalue weighted by Crippen LogP contribution is 2.42. The predicted molar refractivity (Wildman–Crippen MR) is 295 cm³/mol. The van der Waals surface area contributed by atoms with Crippen molar-refractivity contribution in [2.45, 2.75) is 0 Å². The maximum atomic E-state index is 2.46. The fourth-order valence-electron chi connectivity index (χ4n) is 11.7. The van der Waals surface area contributed by atoms with E-state index in [0.29, 0.717) is 0 Å². The molecule has 0 aliphatic heterocycles. The largest absolute Gasteiger partial charge is 0.309 e. The molecule has 326 valence electrons. The van der Waals surface area contributed by atoms with E-state index in [9.17, 15) is 0 Å². The first-order valence-electron chi connectivity index (χ1n) is 24.1. The molecule has 4 heterocycles. The molecule has 0 aliphatic rings. The van der Waals surface area contributed by atoms with E-state index < -0.39 is 0 Å². The molecule has 70 heavy (non-hydrogen) atoms. The highest BCUT2D eigenvalue weighted by atomic mass is 15.0. The Kier molecular flexibility index (Phi) is 8.33. The van der Waals surface area contributed by atoms with Crippen LogP contribution in [0.15, 0.2) is 255 Å². The SMILES string of the molecule is c1cc(-c2cccc(-n3c4ccccc4c4cc5c6ccccc6n(-c6cccc(-c7cccc(-n8c9ccccc9c9ccccc98)c7)c6)c5cc43)c2)cc(-n2c3ccccc3c3ccccc32)c1. The molecule has 0 fully saturated rings.